The molecule has 0 aliphatic heterocycles. The van der Waals surface area contributed by atoms with E-state index in [2.05, 4.69) is 11.8 Å². The topological polar surface area (TPSA) is 44.8 Å². The van der Waals surface area contributed by atoms with E-state index in [0.717, 1.165) is 16.7 Å². The zero-order valence-electron chi connectivity index (χ0n) is 18.5. The first-order valence-corrected chi connectivity index (χ1v) is 10.7. The number of rotatable bonds is 9. The van der Waals surface area contributed by atoms with Gasteiger partial charge < -0.3 is 14.2 Å². The average molecular weight is 429 g/mol. The maximum absolute atomic E-state index is 12.0. The van der Waals surface area contributed by atoms with Gasteiger partial charge in [-0.3, -0.25) is 0 Å². The first kappa shape index (κ1) is 23.1. The lowest BCUT2D eigenvalue weighted by Crippen LogP contribution is -2.37. The Kier molecular flexibility index (Phi) is 8.48. The lowest BCUT2D eigenvalue weighted by molar-refractivity contribution is -0.0555. The fraction of sp³-hybridized carbons (Fsp3) is 0.250. The Bertz CT molecular complexity index is 924. The summed E-state index contributed by atoms with van der Waals surface area (Å²) in [5.74, 6) is 5.85. The van der Waals surface area contributed by atoms with Crippen LogP contribution in [0.1, 0.15) is 37.0 Å². The van der Waals surface area contributed by atoms with E-state index in [9.17, 15) is 4.79 Å². The maximum Gasteiger partial charge on any atom is 0.508 e. The van der Waals surface area contributed by atoms with Crippen molar-refractivity contribution in [1.29, 1.82) is 0 Å². The van der Waals surface area contributed by atoms with E-state index in [0.29, 0.717) is 6.42 Å². The molecule has 1 atom stereocenters. The SMILES string of the molecule is CC#CC[C@@H](COC(c1ccccc1)(c1ccccc1)c1ccccc1)OC(=O)OCC. The first-order valence-electron chi connectivity index (χ1n) is 10.7. The van der Waals surface area contributed by atoms with Crippen molar-refractivity contribution in [3.63, 3.8) is 0 Å². The van der Waals surface area contributed by atoms with Crippen LogP contribution in [-0.4, -0.2) is 25.5 Å². The number of benzene rings is 3. The average Bonchev–Trinajstić information content (AvgIpc) is 2.85. The Morgan fingerprint density at radius 3 is 1.72 bits per heavy atom. The highest BCUT2D eigenvalue weighted by Crippen LogP contribution is 2.40. The van der Waals surface area contributed by atoms with Crippen molar-refractivity contribution >= 4 is 6.16 Å². The summed E-state index contributed by atoms with van der Waals surface area (Å²) in [6, 6.07) is 30.2. The number of carbonyl (C=O) groups is 1. The molecule has 0 unspecified atom stereocenters. The predicted octanol–water partition coefficient (Wildman–Crippen LogP) is 5.95. The summed E-state index contributed by atoms with van der Waals surface area (Å²) >= 11 is 0. The minimum atomic E-state index is -0.889. The molecule has 3 aromatic carbocycles. The van der Waals surface area contributed by atoms with E-state index in [1.54, 1.807) is 13.8 Å². The van der Waals surface area contributed by atoms with Gasteiger partial charge in [0, 0.05) is 6.42 Å². The number of hydrogen-bond donors (Lipinski definition) is 0. The molecule has 0 aliphatic carbocycles. The third-order valence-electron chi connectivity index (χ3n) is 5.06. The van der Waals surface area contributed by atoms with Gasteiger partial charge in [0.1, 0.15) is 11.7 Å². The third kappa shape index (κ3) is 5.57. The molecule has 0 saturated carbocycles. The molecule has 0 aliphatic rings. The first-order chi connectivity index (χ1) is 15.7. The van der Waals surface area contributed by atoms with Gasteiger partial charge >= 0.3 is 6.16 Å². The van der Waals surface area contributed by atoms with Crippen LogP contribution in [0, 0.1) is 11.8 Å². The molecule has 0 heterocycles. The molecule has 0 bridgehead atoms. The van der Waals surface area contributed by atoms with Crippen LogP contribution in [0.3, 0.4) is 0 Å². The summed E-state index contributed by atoms with van der Waals surface area (Å²) in [6.45, 7) is 3.88. The van der Waals surface area contributed by atoms with Crippen LogP contribution < -0.4 is 0 Å². The van der Waals surface area contributed by atoms with Crippen molar-refractivity contribution in [2.24, 2.45) is 0 Å². The van der Waals surface area contributed by atoms with Crippen molar-refractivity contribution in [2.45, 2.75) is 32.0 Å². The zero-order chi connectivity index (χ0) is 22.7. The summed E-state index contributed by atoms with van der Waals surface area (Å²) < 4.78 is 17.2. The van der Waals surface area contributed by atoms with Crippen molar-refractivity contribution in [2.75, 3.05) is 13.2 Å². The zero-order valence-corrected chi connectivity index (χ0v) is 18.5. The molecule has 0 amide bonds. The largest absolute Gasteiger partial charge is 0.508 e. The second-order valence-corrected chi connectivity index (χ2v) is 7.14. The molecule has 4 nitrogen and oxygen atoms in total. The Balaban J connectivity index is 2.05. The van der Waals surface area contributed by atoms with E-state index in [1.165, 1.54) is 0 Å². The monoisotopic (exact) mass is 428 g/mol. The second kappa shape index (κ2) is 11.7. The molecule has 3 rings (SSSR count). The van der Waals surface area contributed by atoms with Gasteiger partial charge in [-0.1, -0.05) is 96.9 Å². The van der Waals surface area contributed by atoms with Crippen LogP contribution in [0.4, 0.5) is 4.79 Å². The minimum absolute atomic E-state index is 0.145. The molecular weight excluding hydrogens is 400 g/mol. The van der Waals surface area contributed by atoms with Gasteiger partial charge in [-0.15, -0.1) is 5.92 Å². The molecular formula is C28H28O4. The van der Waals surface area contributed by atoms with Crippen LogP contribution in [0.2, 0.25) is 0 Å². The molecule has 3 aromatic rings. The van der Waals surface area contributed by atoms with Crippen LogP contribution in [0.15, 0.2) is 91.0 Å². The van der Waals surface area contributed by atoms with Crippen molar-refractivity contribution in [3.8, 4) is 11.8 Å². The molecule has 0 N–H and O–H groups in total. The van der Waals surface area contributed by atoms with Gasteiger partial charge in [0.25, 0.3) is 0 Å². The fourth-order valence-corrected chi connectivity index (χ4v) is 3.62. The molecule has 0 fully saturated rings. The Hall–Kier alpha value is -3.55. The van der Waals surface area contributed by atoms with Crippen molar-refractivity contribution in [3.05, 3.63) is 108 Å². The van der Waals surface area contributed by atoms with E-state index in [4.69, 9.17) is 14.2 Å². The van der Waals surface area contributed by atoms with E-state index < -0.39 is 17.9 Å². The maximum atomic E-state index is 12.0. The van der Waals surface area contributed by atoms with Gasteiger partial charge in [0.05, 0.1) is 13.2 Å². The van der Waals surface area contributed by atoms with Crippen LogP contribution >= 0.6 is 0 Å². The van der Waals surface area contributed by atoms with Crippen LogP contribution in [-0.2, 0) is 19.8 Å². The summed E-state index contributed by atoms with van der Waals surface area (Å²) in [5.41, 5.74) is 2.05. The number of hydrogen-bond acceptors (Lipinski definition) is 4. The van der Waals surface area contributed by atoms with Gasteiger partial charge in [0.2, 0.25) is 0 Å². The highest BCUT2D eigenvalue weighted by atomic mass is 16.7. The van der Waals surface area contributed by atoms with Gasteiger partial charge in [0.15, 0.2) is 0 Å². The van der Waals surface area contributed by atoms with E-state index in [-0.39, 0.29) is 13.2 Å². The normalized spacial score (nSPS) is 11.7. The molecule has 32 heavy (non-hydrogen) atoms. The Morgan fingerprint density at radius 2 is 1.31 bits per heavy atom. The predicted molar refractivity (Wildman–Crippen MR) is 125 cm³/mol. The molecule has 0 spiro atoms. The molecule has 0 radical (unpaired) electrons. The van der Waals surface area contributed by atoms with Gasteiger partial charge in [-0.2, -0.15) is 0 Å². The smallest absolute Gasteiger partial charge is 0.435 e. The lowest BCUT2D eigenvalue weighted by atomic mass is 9.80. The Morgan fingerprint density at radius 1 is 0.844 bits per heavy atom. The van der Waals surface area contributed by atoms with Crippen LogP contribution in [0.25, 0.3) is 0 Å². The summed E-state index contributed by atoms with van der Waals surface area (Å²) in [7, 11) is 0. The minimum Gasteiger partial charge on any atom is -0.435 e. The molecule has 4 heteroatoms. The second-order valence-electron chi connectivity index (χ2n) is 7.14. The summed E-state index contributed by atoms with van der Waals surface area (Å²) in [4.78, 5) is 12.0. The molecule has 0 saturated heterocycles. The molecule has 0 aromatic heterocycles. The number of ether oxygens (including phenoxy) is 3. The van der Waals surface area contributed by atoms with Gasteiger partial charge in [-0.25, -0.2) is 4.79 Å². The van der Waals surface area contributed by atoms with Crippen molar-refractivity contribution < 1.29 is 19.0 Å². The summed E-state index contributed by atoms with van der Waals surface area (Å²) in [5, 5.41) is 0. The Labute approximate surface area is 190 Å². The van der Waals surface area contributed by atoms with E-state index in [1.807, 2.05) is 91.0 Å². The van der Waals surface area contributed by atoms with Crippen LogP contribution in [0.5, 0.6) is 0 Å². The van der Waals surface area contributed by atoms with E-state index >= 15 is 0 Å². The fourth-order valence-electron chi connectivity index (χ4n) is 3.62. The standard InChI is InChI=1S/C28H28O4/c1-3-5-21-26(32-27(29)30-4-2)22-31-28(23-15-9-6-10-16-23,24-17-11-7-12-18-24)25-19-13-8-14-20-25/h6-20,26H,4,21-22H2,1-2H3/t26-/m0/s1. The van der Waals surface area contributed by atoms with Gasteiger partial charge in [-0.05, 0) is 30.5 Å². The quantitative estimate of drug-likeness (QED) is 0.240. The lowest BCUT2D eigenvalue weighted by Gasteiger charge is -2.36. The van der Waals surface area contributed by atoms with Crippen molar-refractivity contribution in [1.82, 2.24) is 0 Å². The molecule has 164 valence electrons. The highest BCUT2D eigenvalue weighted by Gasteiger charge is 2.38. The third-order valence-corrected chi connectivity index (χ3v) is 5.06. The summed E-state index contributed by atoms with van der Waals surface area (Å²) in [6.07, 6.45) is -0.940. The highest BCUT2D eigenvalue weighted by molar-refractivity contribution is 5.60. The number of carbonyl (C=O) groups excluding carboxylic acids is 1.